The Labute approximate surface area is 83.3 Å². The van der Waals surface area contributed by atoms with Crippen LogP contribution in [0.25, 0.3) is 0 Å². The largest absolute Gasteiger partial charge is 0.595 e. The summed E-state index contributed by atoms with van der Waals surface area (Å²) in [6.07, 6.45) is 0. The molecule has 1 atom stereocenters. The van der Waals surface area contributed by atoms with E-state index in [0.29, 0.717) is 0 Å². The number of halogens is 1. The van der Waals surface area contributed by atoms with Gasteiger partial charge in [0.15, 0.2) is 0 Å². The predicted molar refractivity (Wildman–Crippen MR) is 46.6 cm³/mol. The summed E-state index contributed by atoms with van der Waals surface area (Å²) in [6, 6.07) is -1.29. The normalized spacial score (nSPS) is 22.1. The molecule has 3 N–H and O–H groups in total. The summed E-state index contributed by atoms with van der Waals surface area (Å²) in [4.78, 5) is 9.89. The zero-order chi connectivity index (χ0) is 10.9. The molecule has 1 aliphatic heterocycles. The Bertz CT molecular complexity index is 339. The highest BCUT2D eigenvalue weighted by Gasteiger charge is 2.40. The highest BCUT2D eigenvalue weighted by Crippen LogP contribution is 2.14. The van der Waals surface area contributed by atoms with Crippen LogP contribution >= 0.6 is 11.6 Å². The number of ether oxygens (including phenoxy) is 1. The summed E-state index contributed by atoms with van der Waals surface area (Å²) in [6.45, 7) is 0. The lowest BCUT2D eigenvalue weighted by Crippen LogP contribution is -2.47. The van der Waals surface area contributed by atoms with Gasteiger partial charge in [-0.3, -0.25) is 10.1 Å². The van der Waals surface area contributed by atoms with Crippen molar-refractivity contribution in [3.63, 3.8) is 0 Å². The average Bonchev–Trinajstić information content (AvgIpc) is 2.12. The summed E-state index contributed by atoms with van der Waals surface area (Å²) in [5.74, 6) is -0.318. The van der Waals surface area contributed by atoms with Crippen LogP contribution in [0.2, 0.25) is 0 Å². The molecule has 1 heterocycles. The Morgan fingerprint density at radius 2 is 2.36 bits per heavy atom. The second-order valence-electron chi connectivity index (χ2n) is 2.38. The Morgan fingerprint density at radius 1 is 1.79 bits per heavy atom. The number of nitrogens with one attached hydrogen (secondary N) is 1. The van der Waals surface area contributed by atoms with Crippen molar-refractivity contribution in [1.82, 2.24) is 5.43 Å². The second kappa shape index (κ2) is 3.68. The van der Waals surface area contributed by atoms with E-state index in [1.807, 2.05) is 5.43 Å². The van der Waals surface area contributed by atoms with Crippen LogP contribution in [-0.4, -0.2) is 28.1 Å². The van der Waals surface area contributed by atoms with Crippen LogP contribution in [-0.2, 0) is 4.74 Å². The third-order valence-corrected chi connectivity index (χ3v) is 1.97. The highest BCUT2D eigenvalue weighted by atomic mass is 35.5. The van der Waals surface area contributed by atoms with Gasteiger partial charge in [-0.15, -0.1) is 5.43 Å². The predicted octanol–water partition coefficient (Wildman–Crippen LogP) is -0.928. The quantitative estimate of drug-likeness (QED) is 0.270. The monoisotopic (exact) mass is 222 g/mol. The van der Waals surface area contributed by atoms with Crippen molar-refractivity contribution in [1.29, 1.82) is 0 Å². The van der Waals surface area contributed by atoms with E-state index in [1.54, 1.807) is 0 Å². The van der Waals surface area contributed by atoms with E-state index in [4.69, 9.17) is 17.3 Å². The van der Waals surface area contributed by atoms with Crippen molar-refractivity contribution in [2.45, 2.75) is 6.04 Å². The molecule has 0 aromatic carbocycles. The SMILES string of the molecule is COC1=C([N+](=O)[O-])C(N)C(Cl)=[N+]([O-])N1. The lowest BCUT2D eigenvalue weighted by atomic mass is 10.2. The molecule has 9 heteroatoms. The van der Waals surface area contributed by atoms with E-state index in [9.17, 15) is 15.3 Å². The molecule has 0 spiro atoms. The first kappa shape index (κ1) is 10.5. The van der Waals surface area contributed by atoms with E-state index in [2.05, 4.69) is 4.74 Å². The third kappa shape index (κ3) is 1.56. The maximum Gasteiger partial charge on any atom is 0.339 e. The van der Waals surface area contributed by atoms with Crippen LogP contribution in [0.3, 0.4) is 0 Å². The van der Waals surface area contributed by atoms with Crippen molar-refractivity contribution in [2.24, 2.45) is 5.73 Å². The summed E-state index contributed by atoms with van der Waals surface area (Å²) in [7, 11) is 1.17. The zero-order valence-corrected chi connectivity index (χ0v) is 7.82. The van der Waals surface area contributed by atoms with Gasteiger partial charge < -0.3 is 15.7 Å². The van der Waals surface area contributed by atoms with Gasteiger partial charge in [0.1, 0.15) is 0 Å². The van der Waals surface area contributed by atoms with Gasteiger partial charge in [-0.05, 0) is 11.6 Å². The van der Waals surface area contributed by atoms with Gasteiger partial charge in [0.2, 0.25) is 6.04 Å². The molecular formula is C5H7ClN4O4. The summed E-state index contributed by atoms with van der Waals surface area (Å²) < 4.78 is 4.59. The highest BCUT2D eigenvalue weighted by molar-refractivity contribution is 6.65. The van der Waals surface area contributed by atoms with E-state index >= 15 is 0 Å². The molecule has 0 saturated carbocycles. The van der Waals surface area contributed by atoms with E-state index in [0.717, 1.165) is 0 Å². The molecule has 8 nitrogen and oxygen atoms in total. The van der Waals surface area contributed by atoms with Crippen molar-refractivity contribution in [3.05, 3.63) is 26.9 Å². The maximum atomic E-state index is 11.0. The minimum Gasteiger partial charge on any atom is -0.595 e. The van der Waals surface area contributed by atoms with Gasteiger partial charge in [0.05, 0.1) is 12.0 Å². The van der Waals surface area contributed by atoms with Gasteiger partial charge in [-0.25, -0.2) is 0 Å². The molecule has 0 bridgehead atoms. The molecule has 0 aromatic heterocycles. The zero-order valence-electron chi connectivity index (χ0n) is 7.06. The van der Waals surface area contributed by atoms with Crippen LogP contribution in [0.1, 0.15) is 0 Å². The number of rotatable bonds is 2. The number of hydrogen-bond acceptors (Lipinski definition) is 6. The third-order valence-electron chi connectivity index (χ3n) is 1.58. The smallest absolute Gasteiger partial charge is 0.339 e. The number of methoxy groups -OCH3 is 1. The van der Waals surface area contributed by atoms with Crippen molar-refractivity contribution >= 4 is 16.8 Å². The molecule has 1 rings (SSSR count). The molecule has 0 fully saturated rings. The summed E-state index contributed by atoms with van der Waals surface area (Å²) >= 11 is 5.43. The number of hydrogen-bond donors (Lipinski definition) is 2. The minimum atomic E-state index is -1.29. The number of hydrazine groups is 1. The summed E-state index contributed by atoms with van der Waals surface area (Å²) in [5, 5.41) is 21.1. The standard InChI is InChI=1S/C5H7ClN4O4/c1-14-5-3(10(12)13)2(7)4(6)9(11)8-5/h2,8H,7H2,1H3. The fourth-order valence-corrected chi connectivity index (χ4v) is 1.08. The van der Waals surface area contributed by atoms with Crippen molar-refractivity contribution in [3.8, 4) is 0 Å². The number of nitrogens with two attached hydrogens (primary N) is 1. The van der Waals surface area contributed by atoms with Crippen LogP contribution in [0.15, 0.2) is 11.6 Å². The first-order valence-corrected chi connectivity index (χ1v) is 3.81. The van der Waals surface area contributed by atoms with Gasteiger partial charge in [-0.1, -0.05) is 4.85 Å². The second-order valence-corrected chi connectivity index (χ2v) is 2.77. The van der Waals surface area contributed by atoms with Crippen LogP contribution in [0.4, 0.5) is 0 Å². The Hall–Kier alpha value is -1.54. The Morgan fingerprint density at radius 3 is 2.79 bits per heavy atom. The fourth-order valence-electron chi connectivity index (χ4n) is 0.930. The van der Waals surface area contributed by atoms with Crippen LogP contribution in [0.5, 0.6) is 0 Å². The van der Waals surface area contributed by atoms with Gasteiger partial charge >= 0.3 is 16.8 Å². The van der Waals surface area contributed by atoms with E-state index < -0.39 is 21.8 Å². The maximum absolute atomic E-state index is 11.0. The molecule has 0 aliphatic carbocycles. The molecule has 78 valence electrons. The Balaban J connectivity index is 3.15. The first-order chi connectivity index (χ1) is 6.49. The van der Waals surface area contributed by atoms with E-state index in [-0.39, 0.29) is 10.7 Å². The van der Waals surface area contributed by atoms with Crippen LogP contribution < -0.4 is 11.2 Å². The first-order valence-electron chi connectivity index (χ1n) is 3.43. The molecule has 14 heavy (non-hydrogen) atoms. The fraction of sp³-hybridized carbons (Fsp3) is 0.400. The molecule has 0 saturated heterocycles. The lowest BCUT2D eigenvalue weighted by molar-refractivity contribution is -0.530. The number of hydrazone groups is 1. The Kier molecular flexibility index (Phi) is 2.77. The number of nitrogens with zero attached hydrogens (tertiary/aromatic N) is 2. The van der Waals surface area contributed by atoms with Gasteiger partial charge in [0, 0.05) is 0 Å². The summed E-state index contributed by atoms with van der Waals surface area (Å²) in [5.41, 5.74) is 6.89. The molecule has 0 aromatic rings. The van der Waals surface area contributed by atoms with Gasteiger partial charge in [0.25, 0.3) is 0 Å². The molecule has 1 unspecified atom stereocenters. The van der Waals surface area contributed by atoms with Crippen molar-refractivity contribution in [2.75, 3.05) is 7.11 Å². The molecule has 0 amide bonds. The molecular weight excluding hydrogens is 216 g/mol. The van der Waals surface area contributed by atoms with Crippen LogP contribution in [0, 0.1) is 15.3 Å². The van der Waals surface area contributed by atoms with Gasteiger partial charge in [-0.2, -0.15) is 0 Å². The lowest BCUT2D eigenvalue weighted by Gasteiger charge is -2.17. The average molecular weight is 223 g/mol. The minimum absolute atomic E-state index is 0.109. The topological polar surface area (TPSA) is 116 Å². The molecule has 0 radical (unpaired) electrons. The number of nitro groups is 1. The van der Waals surface area contributed by atoms with Crippen molar-refractivity contribution < 1.29 is 14.5 Å². The van der Waals surface area contributed by atoms with E-state index in [1.165, 1.54) is 7.11 Å². The molecule has 1 aliphatic rings.